The van der Waals surface area contributed by atoms with Crippen molar-refractivity contribution in [2.45, 2.75) is 18.2 Å². The standard InChI is InChI=1S/C24H26N6O4S/c1-16-6-8-17(9-7-16)22-26-27-24(30(22)25)35-15-21(31)28-10-12-29(13-11-28)23(32)20-14-33-18-4-2-3-5-19(18)34-20/h2-9,20H,10-15,25H2,1H3/t20-/m1/s1. The average Bonchev–Trinajstić information content (AvgIpc) is 3.27. The molecule has 2 aromatic carbocycles. The summed E-state index contributed by atoms with van der Waals surface area (Å²) in [6.45, 7) is 3.99. The number of carbonyl (C=O) groups excluding carboxylic acids is 2. The fraction of sp³-hybridized carbons (Fsp3) is 0.333. The van der Waals surface area contributed by atoms with Crippen LogP contribution in [0.1, 0.15) is 5.56 Å². The molecule has 0 bridgehead atoms. The normalized spacial score (nSPS) is 17.3. The lowest BCUT2D eigenvalue weighted by molar-refractivity contribution is -0.145. The first-order valence-electron chi connectivity index (χ1n) is 11.3. The third-order valence-electron chi connectivity index (χ3n) is 6.03. The Morgan fingerprint density at radius 1 is 1.00 bits per heavy atom. The number of thioether (sulfide) groups is 1. The van der Waals surface area contributed by atoms with Gasteiger partial charge in [0, 0.05) is 31.7 Å². The lowest BCUT2D eigenvalue weighted by Gasteiger charge is -2.37. The minimum atomic E-state index is -0.679. The quantitative estimate of drug-likeness (QED) is 0.420. The Labute approximate surface area is 207 Å². The van der Waals surface area contributed by atoms with E-state index in [-0.39, 0.29) is 24.2 Å². The summed E-state index contributed by atoms with van der Waals surface area (Å²) in [4.78, 5) is 29.2. The lowest BCUT2D eigenvalue weighted by atomic mass is 10.1. The van der Waals surface area contributed by atoms with Crippen LogP contribution in [0, 0.1) is 6.92 Å². The number of hydrogen-bond acceptors (Lipinski definition) is 8. The van der Waals surface area contributed by atoms with Crippen molar-refractivity contribution >= 4 is 23.6 Å². The van der Waals surface area contributed by atoms with E-state index in [0.717, 1.165) is 11.1 Å². The molecule has 11 heteroatoms. The molecule has 3 aromatic rings. The van der Waals surface area contributed by atoms with E-state index in [9.17, 15) is 9.59 Å². The topological polar surface area (TPSA) is 116 Å². The molecule has 2 aliphatic rings. The summed E-state index contributed by atoms with van der Waals surface area (Å²) in [6, 6.07) is 15.1. The van der Waals surface area contributed by atoms with Crippen LogP contribution in [0.3, 0.4) is 0 Å². The molecule has 0 unspecified atom stereocenters. The SMILES string of the molecule is Cc1ccc(-c2nnc(SCC(=O)N3CCN(C(=O)[C@H]4COc5ccccc5O4)CC3)n2N)cc1. The van der Waals surface area contributed by atoms with Gasteiger partial charge in [0.1, 0.15) is 6.61 Å². The maximum atomic E-state index is 12.9. The summed E-state index contributed by atoms with van der Waals surface area (Å²) in [5.41, 5.74) is 2.00. The molecule has 1 aromatic heterocycles. The Hall–Kier alpha value is -3.73. The monoisotopic (exact) mass is 494 g/mol. The summed E-state index contributed by atoms with van der Waals surface area (Å²) < 4.78 is 12.9. The molecule has 1 saturated heterocycles. The van der Waals surface area contributed by atoms with Crippen molar-refractivity contribution in [2.75, 3.05) is 44.4 Å². The van der Waals surface area contributed by atoms with Crippen molar-refractivity contribution in [3.05, 3.63) is 54.1 Å². The number of nitrogens with two attached hydrogens (primary N) is 1. The predicted molar refractivity (Wildman–Crippen MR) is 131 cm³/mol. The molecule has 0 aliphatic carbocycles. The summed E-state index contributed by atoms with van der Waals surface area (Å²) in [5, 5.41) is 8.78. The number of ether oxygens (including phenoxy) is 2. The highest BCUT2D eigenvalue weighted by Crippen LogP contribution is 2.31. The Morgan fingerprint density at radius 2 is 1.69 bits per heavy atom. The molecule has 2 aliphatic heterocycles. The number of nitrogens with zero attached hydrogens (tertiary/aromatic N) is 5. The van der Waals surface area contributed by atoms with Crippen molar-refractivity contribution in [2.24, 2.45) is 0 Å². The van der Waals surface area contributed by atoms with E-state index in [1.807, 2.05) is 49.4 Å². The van der Waals surface area contributed by atoms with Crippen LogP contribution in [0.5, 0.6) is 11.5 Å². The van der Waals surface area contributed by atoms with Gasteiger partial charge in [-0.3, -0.25) is 9.59 Å². The molecule has 0 spiro atoms. The summed E-state index contributed by atoms with van der Waals surface area (Å²) in [7, 11) is 0. The van der Waals surface area contributed by atoms with E-state index < -0.39 is 6.10 Å². The molecule has 2 amide bonds. The van der Waals surface area contributed by atoms with Crippen molar-refractivity contribution in [3.8, 4) is 22.9 Å². The number of fused-ring (bicyclic) bond motifs is 1. The van der Waals surface area contributed by atoms with Crippen LogP contribution in [0.25, 0.3) is 11.4 Å². The number of aryl methyl sites for hydroxylation is 1. The average molecular weight is 495 g/mol. The van der Waals surface area contributed by atoms with E-state index >= 15 is 0 Å². The number of benzene rings is 2. The molecule has 2 N–H and O–H groups in total. The van der Waals surface area contributed by atoms with Crippen molar-refractivity contribution in [1.82, 2.24) is 24.7 Å². The first-order valence-corrected chi connectivity index (χ1v) is 12.3. The van der Waals surface area contributed by atoms with Gasteiger partial charge in [0.15, 0.2) is 17.3 Å². The number of piperazine rings is 1. The molecule has 1 fully saturated rings. The van der Waals surface area contributed by atoms with Gasteiger partial charge in [0.05, 0.1) is 5.75 Å². The fourth-order valence-electron chi connectivity index (χ4n) is 4.01. The molecular weight excluding hydrogens is 468 g/mol. The number of carbonyl (C=O) groups is 2. The van der Waals surface area contributed by atoms with Crippen LogP contribution in [-0.4, -0.2) is 81.1 Å². The summed E-state index contributed by atoms with van der Waals surface area (Å²) in [6.07, 6.45) is -0.679. The van der Waals surface area contributed by atoms with Crippen LogP contribution < -0.4 is 15.3 Å². The van der Waals surface area contributed by atoms with Gasteiger partial charge in [-0.1, -0.05) is 53.7 Å². The zero-order valence-electron chi connectivity index (χ0n) is 19.3. The first-order chi connectivity index (χ1) is 17.0. The number of amides is 2. The van der Waals surface area contributed by atoms with Gasteiger partial charge in [0.25, 0.3) is 5.91 Å². The molecule has 1 atom stereocenters. The van der Waals surface area contributed by atoms with Crippen molar-refractivity contribution < 1.29 is 19.1 Å². The zero-order valence-corrected chi connectivity index (χ0v) is 20.1. The molecular formula is C24H26N6O4S. The molecule has 182 valence electrons. The third kappa shape index (κ3) is 4.90. The van der Waals surface area contributed by atoms with Gasteiger partial charge in [-0.2, -0.15) is 0 Å². The van der Waals surface area contributed by atoms with E-state index in [1.165, 1.54) is 16.4 Å². The largest absolute Gasteiger partial charge is 0.485 e. The maximum absolute atomic E-state index is 12.9. The summed E-state index contributed by atoms with van der Waals surface area (Å²) in [5.74, 6) is 7.96. The van der Waals surface area contributed by atoms with E-state index in [4.69, 9.17) is 15.3 Å². The Morgan fingerprint density at radius 3 is 2.43 bits per heavy atom. The van der Waals surface area contributed by atoms with Crippen LogP contribution in [0.4, 0.5) is 0 Å². The fourth-order valence-corrected chi connectivity index (χ4v) is 4.77. The van der Waals surface area contributed by atoms with Gasteiger partial charge in [0.2, 0.25) is 17.2 Å². The molecule has 3 heterocycles. The van der Waals surface area contributed by atoms with Gasteiger partial charge in [-0.25, -0.2) is 4.68 Å². The Bertz CT molecular complexity index is 1220. The Kier molecular flexibility index (Phi) is 6.49. The van der Waals surface area contributed by atoms with Crippen molar-refractivity contribution in [3.63, 3.8) is 0 Å². The van der Waals surface area contributed by atoms with Crippen LogP contribution in [0.2, 0.25) is 0 Å². The Balaban J connectivity index is 1.11. The smallest absolute Gasteiger partial charge is 0.267 e. The van der Waals surface area contributed by atoms with Gasteiger partial charge in [-0.15, -0.1) is 10.2 Å². The number of rotatable bonds is 5. The molecule has 0 saturated carbocycles. The van der Waals surface area contributed by atoms with Crippen LogP contribution in [0.15, 0.2) is 53.7 Å². The predicted octanol–water partition coefficient (Wildman–Crippen LogP) is 1.57. The maximum Gasteiger partial charge on any atom is 0.267 e. The number of hydrogen-bond donors (Lipinski definition) is 1. The highest BCUT2D eigenvalue weighted by atomic mass is 32.2. The van der Waals surface area contributed by atoms with Gasteiger partial charge < -0.3 is 25.1 Å². The van der Waals surface area contributed by atoms with Gasteiger partial charge >= 0.3 is 0 Å². The highest BCUT2D eigenvalue weighted by molar-refractivity contribution is 7.99. The third-order valence-corrected chi connectivity index (χ3v) is 6.95. The number of para-hydroxylation sites is 2. The first kappa shape index (κ1) is 23.0. The van der Waals surface area contributed by atoms with E-state index in [2.05, 4.69) is 10.2 Å². The summed E-state index contributed by atoms with van der Waals surface area (Å²) >= 11 is 1.25. The van der Waals surface area contributed by atoms with E-state index in [0.29, 0.717) is 48.7 Å². The minimum absolute atomic E-state index is 0.0341. The molecule has 10 nitrogen and oxygen atoms in total. The van der Waals surface area contributed by atoms with Crippen LogP contribution >= 0.6 is 11.8 Å². The molecule has 35 heavy (non-hydrogen) atoms. The second-order valence-corrected chi connectivity index (χ2v) is 9.34. The zero-order chi connectivity index (χ0) is 24.4. The number of nitrogen functional groups attached to an aromatic ring is 1. The van der Waals surface area contributed by atoms with Crippen LogP contribution in [-0.2, 0) is 9.59 Å². The lowest BCUT2D eigenvalue weighted by Crippen LogP contribution is -2.55. The van der Waals surface area contributed by atoms with Gasteiger partial charge in [-0.05, 0) is 19.1 Å². The molecule has 5 rings (SSSR count). The second kappa shape index (κ2) is 9.87. The number of aromatic nitrogens is 3. The second-order valence-electron chi connectivity index (χ2n) is 8.40. The highest BCUT2D eigenvalue weighted by Gasteiger charge is 2.33. The van der Waals surface area contributed by atoms with Crippen molar-refractivity contribution in [1.29, 1.82) is 0 Å². The minimum Gasteiger partial charge on any atom is -0.485 e. The molecule has 0 radical (unpaired) electrons. The van der Waals surface area contributed by atoms with E-state index in [1.54, 1.807) is 15.9 Å².